The molecule has 2 heterocycles. The van der Waals surface area contributed by atoms with Crippen LogP contribution in [-0.2, 0) is 4.74 Å². The highest BCUT2D eigenvalue weighted by molar-refractivity contribution is 9.10. The summed E-state index contributed by atoms with van der Waals surface area (Å²) in [6.07, 6.45) is 6.39. The van der Waals surface area contributed by atoms with Gasteiger partial charge in [-0.25, -0.2) is 9.97 Å². The molecular formula is C18H22BrN3O2. The Balaban J connectivity index is 1.41. The highest BCUT2D eigenvalue weighted by Gasteiger charge is 2.28. The second-order valence-electron chi connectivity index (χ2n) is 6.54. The van der Waals surface area contributed by atoms with Gasteiger partial charge in [0.1, 0.15) is 12.4 Å². The summed E-state index contributed by atoms with van der Waals surface area (Å²) in [5, 5.41) is 0.974. The lowest BCUT2D eigenvalue weighted by molar-refractivity contribution is -0.00126. The number of ether oxygens (including phenoxy) is 2. The quantitative estimate of drug-likeness (QED) is 0.801. The molecule has 0 radical (unpaired) electrons. The Morgan fingerprint density at radius 2 is 1.88 bits per heavy atom. The van der Waals surface area contributed by atoms with E-state index in [2.05, 4.69) is 30.8 Å². The van der Waals surface area contributed by atoms with Crippen LogP contribution in [0.3, 0.4) is 0 Å². The summed E-state index contributed by atoms with van der Waals surface area (Å²) in [7, 11) is 0. The molecule has 0 spiro atoms. The maximum atomic E-state index is 6.24. The summed E-state index contributed by atoms with van der Waals surface area (Å²) in [5.41, 5.74) is 0.921. The molecule has 0 atom stereocenters. The molecule has 5 nitrogen and oxygen atoms in total. The van der Waals surface area contributed by atoms with Gasteiger partial charge in [-0.15, -0.1) is 0 Å². The van der Waals surface area contributed by atoms with E-state index in [0.717, 1.165) is 54.5 Å². The molecular weight excluding hydrogens is 370 g/mol. The second kappa shape index (κ2) is 7.33. The third-order valence-electron chi connectivity index (χ3n) is 5.04. The predicted octanol–water partition coefficient (Wildman–Crippen LogP) is 3.41. The summed E-state index contributed by atoms with van der Waals surface area (Å²) >= 11 is 3.52. The number of hydrogen-bond acceptors (Lipinski definition) is 5. The van der Waals surface area contributed by atoms with Crippen LogP contribution in [0.2, 0.25) is 0 Å². The summed E-state index contributed by atoms with van der Waals surface area (Å²) < 4.78 is 12.7. The van der Waals surface area contributed by atoms with Crippen molar-refractivity contribution in [3.63, 3.8) is 0 Å². The molecule has 0 N–H and O–H groups in total. The van der Waals surface area contributed by atoms with Crippen molar-refractivity contribution < 1.29 is 9.47 Å². The van der Waals surface area contributed by atoms with Crippen LogP contribution >= 0.6 is 15.9 Å². The average molecular weight is 392 g/mol. The first kappa shape index (κ1) is 16.2. The maximum Gasteiger partial charge on any atom is 0.224 e. The van der Waals surface area contributed by atoms with Gasteiger partial charge in [-0.05, 0) is 43.9 Å². The third-order valence-corrected chi connectivity index (χ3v) is 5.54. The van der Waals surface area contributed by atoms with Gasteiger partial charge < -0.3 is 9.47 Å². The lowest BCUT2D eigenvalue weighted by atomic mass is 9.91. The van der Waals surface area contributed by atoms with E-state index in [1.807, 2.05) is 18.2 Å². The minimum Gasteiger partial charge on any atom is -0.474 e. The van der Waals surface area contributed by atoms with Crippen molar-refractivity contribution in [3.05, 3.63) is 29.0 Å². The van der Waals surface area contributed by atoms with Gasteiger partial charge in [0.2, 0.25) is 5.88 Å². The summed E-state index contributed by atoms with van der Waals surface area (Å²) in [6.45, 7) is 3.89. The monoisotopic (exact) mass is 391 g/mol. The molecule has 2 aliphatic rings. The lowest BCUT2D eigenvalue weighted by Crippen LogP contribution is -2.46. The average Bonchev–Trinajstić information content (AvgIpc) is 2.64. The van der Waals surface area contributed by atoms with E-state index in [-0.39, 0.29) is 6.10 Å². The fourth-order valence-corrected chi connectivity index (χ4v) is 4.09. The molecule has 1 saturated carbocycles. The minimum atomic E-state index is 0.249. The Bertz CT molecular complexity index is 698. The molecule has 1 aromatic carbocycles. The van der Waals surface area contributed by atoms with Crippen LogP contribution in [0.1, 0.15) is 25.7 Å². The number of halogens is 1. The van der Waals surface area contributed by atoms with Crippen molar-refractivity contribution in [2.75, 3.05) is 26.3 Å². The van der Waals surface area contributed by atoms with Crippen LogP contribution in [0, 0.1) is 0 Å². The van der Waals surface area contributed by atoms with Crippen LogP contribution in [0.5, 0.6) is 5.88 Å². The Kier molecular flexibility index (Phi) is 4.96. The topological polar surface area (TPSA) is 47.5 Å². The van der Waals surface area contributed by atoms with Gasteiger partial charge in [0.05, 0.1) is 24.1 Å². The Hall–Kier alpha value is -1.24. The Morgan fingerprint density at radius 3 is 2.67 bits per heavy atom. The smallest absolute Gasteiger partial charge is 0.224 e. The van der Waals surface area contributed by atoms with E-state index < -0.39 is 0 Å². The molecule has 128 valence electrons. The zero-order valence-corrected chi connectivity index (χ0v) is 15.2. The highest BCUT2D eigenvalue weighted by Crippen LogP contribution is 2.30. The van der Waals surface area contributed by atoms with Gasteiger partial charge in [-0.1, -0.05) is 15.9 Å². The number of aromatic nitrogens is 2. The highest BCUT2D eigenvalue weighted by atomic mass is 79.9. The van der Waals surface area contributed by atoms with E-state index in [9.17, 15) is 0 Å². The van der Waals surface area contributed by atoms with Crippen molar-refractivity contribution in [2.24, 2.45) is 0 Å². The molecule has 0 amide bonds. The standard InChI is InChI=1S/C18H22BrN3O2/c19-13-1-6-17-16(11-13)18(21-12-20-17)24-15-4-2-14(3-5-15)22-7-9-23-10-8-22/h1,6,11-12,14-15H,2-5,7-10H2. The van der Waals surface area contributed by atoms with Crippen LogP contribution in [0.15, 0.2) is 29.0 Å². The summed E-state index contributed by atoms with van der Waals surface area (Å²) in [4.78, 5) is 11.3. The zero-order valence-electron chi connectivity index (χ0n) is 13.7. The van der Waals surface area contributed by atoms with Crippen LogP contribution < -0.4 is 4.74 Å². The summed E-state index contributed by atoms with van der Waals surface area (Å²) in [6, 6.07) is 6.70. The van der Waals surface area contributed by atoms with Gasteiger partial charge in [0, 0.05) is 23.6 Å². The lowest BCUT2D eigenvalue weighted by Gasteiger charge is -2.38. The van der Waals surface area contributed by atoms with E-state index in [0.29, 0.717) is 11.9 Å². The largest absolute Gasteiger partial charge is 0.474 e. The number of rotatable bonds is 3. The molecule has 4 rings (SSSR count). The third kappa shape index (κ3) is 3.55. The molecule has 2 aromatic rings. The Morgan fingerprint density at radius 1 is 1.08 bits per heavy atom. The number of nitrogens with zero attached hydrogens (tertiary/aromatic N) is 3. The van der Waals surface area contributed by atoms with Crippen molar-refractivity contribution in [1.82, 2.24) is 14.9 Å². The van der Waals surface area contributed by atoms with Crippen LogP contribution in [-0.4, -0.2) is 53.3 Å². The normalized spacial score (nSPS) is 25.7. The van der Waals surface area contributed by atoms with Gasteiger partial charge in [-0.3, -0.25) is 4.90 Å². The van der Waals surface area contributed by atoms with Crippen LogP contribution in [0.4, 0.5) is 0 Å². The van der Waals surface area contributed by atoms with Crippen molar-refractivity contribution in [3.8, 4) is 5.88 Å². The van der Waals surface area contributed by atoms with Gasteiger partial charge >= 0.3 is 0 Å². The Labute approximate surface area is 150 Å². The molecule has 0 unspecified atom stereocenters. The molecule has 2 fully saturated rings. The molecule has 0 bridgehead atoms. The first-order valence-corrected chi connectivity index (χ1v) is 9.47. The first-order valence-electron chi connectivity index (χ1n) is 8.68. The van der Waals surface area contributed by atoms with E-state index in [4.69, 9.17) is 9.47 Å². The van der Waals surface area contributed by atoms with Gasteiger partial charge in [0.25, 0.3) is 0 Å². The second-order valence-corrected chi connectivity index (χ2v) is 7.45. The fraction of sp³-hybridized carbons (Fsp3) is 0.556. The molecule has 1 aliphatic carbocycles. The maximum absolute atomic E-state index is 6.24. The zero-order chi connectivity index (χ0) is 16.4. The number of benzene rings is 1. The SMILES string of the molecule is Brc1ccc2ncnc(OC3CCC(N4CCOCC4)CC3)c2c1. The van der Waals surface area contributed by atoms with Crippen LogP contribution in [0.25, 0.3) is 10.9 Å². The van der Waals surface area contributed by atoms with Crippen molar-refractivity contribution in [1.29, 1.82) is 0 Å². The van der Waals surface area contributed by atoms with Gasteiger partial charge in [-0.2, -0.15) is 0 Å². The predicted molar refractivity (Wildman–Crippen MR) is 96.3 cm³/mol. The van der Waals surface area contributed by atoms with E-state index in [1.54, 1.807) is 6.33 Å². The number of hydrogen-bond donors (Lipinski definition) is 0. The molecule has 1 saturated heterocycles. The van der Waals surface area contributed by atoms with Gasteiger partial charge in [0.15, 0.2) is 0 Å². The number of morpholine rings is 1. The molecule has 1 aliphatic heterocycles. The number of fused-ring (bicyclic) bond motifs is 1. The minimum absolute atomic E-state index is 0.249. The van der Waals surface area contributed by atoms with Crippen molar-refractivity contribution in [2.45, 2.75) is 37.8 Å². The van der Waals surface area contributed by atoms with E-state index >= 15 is 0 Å². The molecule has 1 aromatic heterocycles. The molecule has 24 heavy (non-hydrogen) atoms. The fourth-order valence-electron chi connectivity index (χ4n) is 3.73. The van der Waals surface area contributed by atoms with E-state index in [1.165, 1.54) is 12.8 Å². The first-order chi connectivity index (χ1) is 11.8. The molecule has 6 heteroatoms. The van der Waals surface area contributed by atoms with Crippen molar-refractivity contribution >= 4 is 26.8 Å². The summed E-state index contributed by atoms with van der Waals surface area (Å²) in [5.74, 6) is 0.705.